The number of sulfone groups is 1. The zero-order chi connectivity index (χ0) is 11.5. The summed E-state index contributed by atoms with van der Waals surface area (Å²) in [5.41, 5.74) is 6.35. The fourth-order valence-corrected chi connectivity index (χ4v) is 2.31. The summed E-state index contributed by atoms with van der Waals surface area (Å²) in [5, 5.41) is 0. The van der Waals surface area contributed by atoms with Gasteiger partial charge in [-0.2, -0.15) is 0 Å². The van der Waals surface area contributed by atoms with Crippen LogP contribution in [0.25, 0.3) is 0 Å². The lowest BCUT2D eigenvalue weighted by atomic mass is 10.1. The molecule has 5 heteroatoms. The Morgan fingerprint density at radius 3 is 2.67 bits per heavy atom. The summed E-state index contributed by atoms with van der Waals surface area (Å²) in [5.74, 6) is -0.414. The minimum Gasteiger partial charge on any atom is -0.326 e. The van der Waals surface area contributed by atoms with Crippen LogP contribution in [0.15, 0.2) is 24.3 Å². The van der Waals surface area contributed by atoms with E-state index in [9.17, 15) is 12.8 Å². The Labute approximate surface area is 89.0 Å². The predicted molar refractivity (Wildman–Crippen MR) is 57.8 cm³/mol. The van der Waals surface area contributed by atoms with Gasteiger partial charge in [0.25, 0.3) is 0 Å². The molecule has 0 heterocycles. The maximum atomic E-state index is 12.8. The number of halogens is 1. The number of hydrogen-bond acceptors (Lipinski definition) is 3. The molecule has 0 fully saturated rings. The molecule has 0 bridgehead atoms. The molecule has 1 unspecified atom stereocenters. The van der Waals surface area contributed by atoms with Crippen LogP contribution in [0, 0.1) is 5.82 Å². The highest BCUT2D eigenvalue weighted by Crippen LogP contribution is 2.06. The van der Waals surface area contributed by atoms with Crippen molar-refractivity contribution >= 4 is 9.84 Å². The van der Waals surface area contributed by atoms with Gasteiger partial charge in [0.1, 0.15) is 15.7 Å². The minimum atomic E-state index is -3.07. The molecule has 0 aliphatic rings. The summed E-state index contributed by atoms with van der Waals surface area (Å²) < 4.78 is 34.7. The summed E-state index contributed by atoms with van der Waals surface area (Å²) >= 11 is 0. The molecule has 0 saturated carbocycles. The van der Waals surface area contributed by atoms with Gasteiger partial charge in [-0.15, -0.1) is 0 Å². The van der Waals surface area contributed by atoms with Crippen molar-refractivity contribution < 1.29 is 12.8 Å². The van der Waals surface area contributed by atoms with E-state index in [0.717, 1.165) is 6.26 Å². The summed E-state index contributed by atoms with van der Waals surface area (Å²) in [4.78, 5) is 0. The summed E-state index contributed by atoms with van der Waals surface area (Å²) in [6, 6.07) is 5.53. The molecule has 1 aromatic rings. The maximum Gasteiger partial charge on any atom is 0.148 e. The second-order valence-corrected chi connectivity index (χ2v) is 5.87. The third-order valence-electron chi connectivity index (χ3n) is 1.90. The van der Waals surface area contributed by atoms with Gasteiger partial charge >= 0.3 is 0 Å². The van der Waals surface area contributed by atoms with Crippen LogP contribution in [0.4, 0.5) is 4.39 Å². The van der Waals surface area contributed by atoms with Crippen molar-refractivity contribution in [3.63, 3.8) is 0 Å². The second-order valence-electron chi connectivity index (χ2n) is 3.69. The highest BCUT2D eigenvalue weighted by Gasteiger charge is 2.11. The normalized spacial score (nSPS) is 13.8. The third kappa shape index (κ3) is 4.90. The fraction of sp³-hybridized carbons (Fsp3) is 0.400. The van der Waals surface area contributed by atoms with Crippen LogP contribution < -0.4 is 5.73 Å². The van der Waals surface area contributed by atoms with Crippen LogP contribution in [0.5, 0.6) is 0 Å². The monoisotopic (exact) mass is 231 g/mol. The van der Waals surface area contributed by atoms with Gasteiger partial charge in [0.2, 0.25) is 0 Å². The molecule has 2 N–H and O–H groups in total. The van der Waals surface area contributed by atoms with Crippen molar-refractivity contribution in [3.05, 3.63) is 35.6 Å². The van der Waals surface area contributed by atoms with Crippen molar-refractivity contribution in [2.75, 3.05) is 12.0 Å². The molecule has 1 atom stereocenters. The molecule has 0 spiro atoms. The van der Waals surface area contributed by atoms with E-state index in [0.29, 0.717) is 12.0 Å². The van der Waals surface area contributed by atoms with E-state index in [-0.39, 0.29) is 11.6 Å². The van der Waals surface area contributed by atoms with Crippen molar-refractivity contribution in [1.29, 1.82) is 0 Å². The molecule has 1 rings (SSSR count). The Morgan fingerprint density at radius 1 is 1.47 bits per heavy atom. The zero-order valence-corrected chi connectivity index (χ0v) is 9.30. The van der Waals surface area contributed by atoms with Gasteiger partial charge in [-0.1, -0.05) is 12.1 Å². The molecule has 1 aromatic carbocycles. The summed E-state index contributed by atoms with van der Waals surface area (Å²) in [7, 11) is -3.07. The number of hydrogen-bond donors (Lipinski definition) is 1. The van der Waals surface area contributed by atoms with E-state index < -0.39 is 15.9 Å². The number of rotatable bonds is 4. The zero-order valence-electron chi connectivity index (χ0n) is 8.48. The number of benzene rings is 1. The van der Waals surface area contributed by atoms with E-state index in [1.54, 1.807) is 12.1 Å². The molecule has 0 aromatic heterocycles. The van der Waals surface area contributed by atoms with Gasteiger partial charge in [-0.05, 0) is 24.1 Å². The lowest BCUT2D eigenvalue weighted by molar-refractivity contribution is 0.590. The SMILES string of the molecule is CS(=O)(=O)CC(N)Cc1cccc(F)c1. The van der Waals surface area contributed by atoms with E-state index in [2.05, 4.69) is 0 Å². The standard InChI is InChI=1S/C10H14FNO2S/c1-15(13,14)7-10(12)6-8-3-2-4-9(11)5-8/h2-5,10H,6-7,12H2,1H3. The first kappa shape index (κ1) is 12.1. The summed E-state index contributed by atoms with van der Waals surface area (Å²) in [6.45, 7) is 0. The van der Waals surface area contributed by atoms with Crippen LogP contribution in [0.2, 0.25) is 0 Å². The molecular formula is C10H14FNO2S. The average Bonchev–Trinajstić information content (AvgIpc) is 1.99. The van der Waals surface area contributed by atoms with E-state index >= 15 is 0 Å². The van der Waals surface area contributed by atoms with Crippen molar-refractivity contribution in [1.82, 2.24) is 0 Å². The Morgan fingerprint density at radius 2 is 2.13 bits per heavy atom. The maximum absolute atomic E-state index is 12.8. The number of nitrogens with two attached hydrogens (primary N) is 1. The molecule has 0 saturated heterocycles. The van der Waals surface area contributed by atoms with Gasteiger partial charge in [0, 0.05) is 12.3 Å². The fourth-order valence-electron chi connectivity index (χ4n) is 1.41. The molecule has 0 radical (unpaired) electrons. The largest absolute Gasteiger partial charge is 0.326 e. The van der Waals surface area contributed by atoms with Gasteiger partial charge in [-0.25, -0.2) is 12.8 Å². The Balaban J connectivity index is 2.63. The average molecular weight is 231 g/mol. The molecule has 84 valence electrons. The third-order valence-corrected chi connectivity index (χ3v) is 2.94. The Bertz CT molecular complexity index is 431. The molecule has 0 amide bonds. The highest BCUT2D eigenvalue weighted by molar-refractivity contribution is 7.90. The van der Waals surface area contributed by atoms with Crippen molar-refractivity contribution in [3.8, 4) is 0 Å². The minimum absolute atomic E-state index is 0.0798. The summed E-state index contributed by atoms with van der Waals surface area (Å²) in [6.07, 6.45) is 1.50. The first-order chi connectivity index (χ1) is 6.87. The second kappa shape index (κ2) is 4.72. The van der Waals surface area contributed by atoms with Crippen LogP contribution >= 0.6 is 0 Å². The van der Waals surface area contributed by atoms with E-state index in [4.69, 9.17) is 5.73 Å². The lowest BCUT2D eigenvalue weighted by Crippen LogP contribution is -2.31. The van der Waals surface area contributed by atoms with Crippen molar-refractivity contribution in [2.24, 2.45) is 5.73 Å². The highest BCUT2D eigenvalue weighted by atomic mass is 32.2. The Kier molecular flexibility index (Phi) is 3.82. The van der Waals surface area contributed by atoms with E-state index in [1.807, 2.05) is 0 Å². The van der Waals surface area contributed by atoms with Gasteiger partial charge in [0.15, 0.2) is 0 Å². The van der Waals surface area contributed by atoms with Crippen LogP contribution in [0.3, 0.4) is 0 Å². The van der Waals surface area contributed by atoms with Crippen molar-refractivity contribution in [2.45, 2.75) is 12.5 Å². The Hall–Kier alpha value is -0.940. The topological polar surface area (TPSA) is 60.2 Å². The van der Waals surface area contributed by atoms with Crippen LogP contribution in [-0.2, 0) is 16.3 Å². The molecular weight excluding hydrogens is 217 g/mol. The predicted octanol–water partition coefficient (Wildman–Crippen LogP) is 0.740. The van der Waals surface area contributed by atoms with Gasteiger partial charge in [-0.3, -0.25) is 0 Å². The molecule has 15 heavy (non-hydrogen) atoms. The lowest BCUT2D eigenvalue weighted by Gasteiger charge is -2.09. The van der Waals surface area contributed by atoms with Gasteiger partial charge in [0.05, 0.1) is 5.75 Å². The quantitative estimate of drug-likeness (QED) is 0.831. The first-order valence-electron chi connectivity index (χ1n) is 4.54. The molecule has 0 aliphatic heterocycles. The smallest absolute Gasteiger partial charge is 0.148 e. The first-order valence-corrected chi connectivity index (χ1v) is 6.60. The van der Waals surface area contributed by atoms with Crippen LogP contribution in [-0.4, -0.2) is 26.5 Å². The van der Waals surface area contributed by atoms with Gasteiger partial charge < -0.3 is 5.73 Å². The van der Waals surface area contributed by atoms with Crippen LogP contribution in [0.1, 0.15) is 5.56 Å². The van der Waals surface area contributed by atoms with E-state index in [1.165, 1.54) is 12.1 Å². The molecule has 3 nitrogen and oxygen atoms in total. The molecule has 0 aliphatic carbocycles.